The Bertz CT molecular complexity index is 733. The molecule has 0 saturated carbocycles. The number of carbonyl (C=O) groups excluding carboxylic acids is 3. The average molecular weight is 389 g/mol. The number of hydrogen-bond donors (Lipinski definition) is 1. The number of methoxy groups -OCH3 is 2. The summed E-state index contributed by atoms with van der Waals surface area (Å²) in [5.41, 5.74) is 0.439. The maximum absolute atomic E-state index is 12.7. The van der Waals surface area contributed by atoms with Gasteiger partial charge in [-0.1, -0.05) is 0 Å². The van der Waals surface area contributed by atoms with Crippen LogP contribution >= 0.6 is 0 Å². The zero-order chi connectivity index (χ0) is 20.5. The van der Waals surface area contributed by atoms with Gasteiger partial charge in [0.1, 0.15) is 0 Å². The van der Waals surface area contributed by atoms with Gasteiger partial charge < -0.3 is 24.4 Å². The normalized spacial score (nSPS) is 15.4. The van der Waals surface area contributed by atoms with Crippen molar-refractivity contribution in [1.82, 2.24) is 4.90 Å². The molecule has 1 atom stereocenters. The Labute approximate surface area is 163 Å². The fraction of sp³-hybridized carbons (Fsp3) is 0.474. The van der Waals surface area contributed by atoms with E-state index >= 15 is 0 Å². The number of nitriles is 1. The molecule has 2 amide bonds. The molecule has 1 saturated heterocycles. The lowest BCUT2D eigenvalue weighted by atomic mass is 10.1. The van der Waals surface area contributed by atoms with E-state index < -0.39 is 18.0 Å². The SMILES string of the molecule is COC(=O)c1cc(NC(=O)N(CCC#N)CC2CCCO2)cc(C(=O)OC)c1. The fourth-order valence-electron chi connectivity index (χ4n) is 2.87. The highest BCUT2D eigenvalue weighted by atomic mass is 16.5. The smallest absolute Gasteiger partial charge is 0.337 e. The summed E-state index contributed by atoms with van der Waals surface area (Å²) in [4.78, 5) is 38.0. The van der Waals surface area contributed by atoms with Gasteiger partial charge in [-0.05, 0) is 31.0 Å². The van der Waals surface area contributed by atoms with Crippen molar-refractivity contribution >= 4 is 23.7 Å². The quantitative estimate of drug-likeness (QED) is 0.710. The minimum atomic E-state index is -0.651. The van der Waals surface area contributed by atoms with Crippen LogP contribution in [-0.4, -0.2) is 62.9 Å². The van der Waals surface area contributed by atoms with Gasteiger partial charge in [0.05, 0.1) is 43.9 Å². The second-order valence-electron chi connectivity index (χ2n) is 6.20. The zero-order valence-corrected chi connectivity index (χ0v) is 15.9. The van der Waals surface area contributed by atoms with E-state index in [4.69, 9.17) is 10.00 Å². The molecule has 9 heteroatoms. The lowest BCUT2D eigenvalue weighted by Gasteiger charge is -2.25. The third-order valence-corrected chi connectivity index (χ3v) is 4.26. The minimum Gasteiger partial charge on any atom is -0.465 e. The number of anilines is 1. The average Bonchev–Trinajstić information content (AvgIpc) is 3.22. The molecule has 0 radical (unpaired) electrons. The van der Waals surface area contributed by atoms with Crippen LogP contribution in [-0.2, 0) is 14.2 Å². The van der Waals surface area contributed by atoms with E-state index in [1.165, 1.54) is 37.3 Å². The van der Waals surface area contributed by atoms with Crippen LogP contribution in [0.15, 0.2) is 18.2 Å². The molecule has 1 aliphatic heterocycles. The summed E-state index contributed by atoms with van der Waals surface area (Å²) in [6.07, 6.45) is 1.88. The van der Waals surface area contributed by atoms with E-state index in [9.17, 15) is 14.4 Å². The largest absolute Gasteiger partial charge is 0.465 e. The number of carbonyl (C=O) groups is 3. The maximum atomic E-state index is 12.7. The van der Waals surface area contributed by atoms with E-state index in [-0.39, 0.29) is 35.9 Å². The van der Waals surface area contributed by atoms with Gasteiger partial charge in [0.25, 0.3) is 0 Å². The van der Waals surface area contributed by atoms with Crippen LogP contribution in [0.4, 0.5) is 10.5 Å². The fourth-order valence-corrected chi connectivity index (χ4v) is 2.87. The van der Waals surface area contributed by atoms with Gasteiger partial charge in [0.2, 0.25) is 0 Å². The molecule has 1 N–H and O–H groups in total. The summed E-state index contributed by atoms with van der Waals surface area (Å²) in [5, 5.41) is 11.5. The number of nitrogens with zero attached hydrogens (tertiary/aromatic N) is 2. The van der Waals surface area contributed by atoms with Gasteiger partial charge in [0, 0.05) is 25.4 Å². The van der Waals surface area contributed by atoms with Crippen molar-refractivity contribution in [2.75, 3.05) is 39.2 Å². The Balaban J connectivity index is 2.21. The Kier molecular flexibility index (Phi) is 7.77. The molecule has 2 rings (SSSR count). The molecule has 0 aliphatic carbocycles. The van der Waals surface area contributed by atoms with Crippen LogP contribution in [0.2, 0.25) is 0 Å². The second-order valence-corrected chi connectivity index (χ2v) is 6.20. The lowest BCUT2D eigenvalue weighted by molar-refractivity contribution is 0.0599. The molecular formula is C19H23N3O6. The van der Waals surface area contributed by atoms with E-state index in [1.54, 1.807) is 0 Å². The highest BCUT2D eigenvalue weighted by Crippen LogP contribution is 2.19. The number of rotatable bonds is 7. The van der Waals surface area contributed by atoms with Gasteiger partial charge in [-0.25, -0.2) is 14.4 Å². The molecule has 9 nitrogen and oxygen atoms in total. The van der Waals surface area contributed by atoms with Crippen LogP contribution in [0.5, 0.6) is 0 Å². The van der Waals surface area contributed by atoms with E-state index in [0.29, 0.717) is 13.2 Å². The number of nitrogens with one attached hydrogen (secondary N) is 1. The number of hydrogen-bond acceptors (Lipinski definition) is 7. The molecule has 1 unspecified atom stereocenters. The Morgan fingerprint density at radius 3 is 2.36 bits per heavy atom. The summed E-state index contributed by atoms with van der Waals surface area (Å²) in [6.45, 7) is 1.25. The third-order valence-electron chi connectivity index (χ3n) is 4.26. The second kappa shape index (κ2) is 10.3. The van der Waals surface area contributed by atoms with Crippen molar-refractivity contribution in [3.8, 4) is 6.07 Å². The predicted octanol–water partition coefficient (Wildman–Crippen LogP) is 2.19. The monoisotopic (exact) mass is 389 g/mol. The molecule has 1 aromatic rings. The molecule has 1 fully saturated rings. The molecular weight excluding hydrogens is 366 g/mol. The van der Waals surface area contributed by atoms with E-state index in [2.05, 4.69) is 14.8 Å². The molecule has 0 spiro atoms. The van der Waals surface area contributed by atoms with Crippen molar-refractivity contribution in [1.29, 1.82) is 5.26 Å². The van der Waals surface area contributed by atoms with Crippen LogP contribution in [0.1, 0.15) is 40.0 Å². The van der Waals surface area contributed by atoms with Gasteiger partial charge in [-0.15, -0.1) is 0 Å². The van der Waals surface area contributed by atoms with E-state index in [1.807, 2.05) is 6.07 Å². The van der Waals surface area contributed by atoms with Crippen molar-refractivity contribution in [2.45, 2.75) is 25.4 Å². The predicted molar refractivity (Wildman–Crippen MR) is 98.9 cm³/mol. The number of urea groups is 1. The van der Waals surface area contributed by atoms with E-state index in [0.717, 1.165) is 12.8 Å². The molecule has 0 bridgehead atoms. The highest BCUT2D eigenvalue weighted by Gasteiger charge is 2.23. The molecule has 1 heterocycles. The van der Waals surface area contributed by atoms with Crippen molar-refractivity contribution < 1.29 is 28.6 Å². The van der Waals surface area contributed by atoms with Gasteiger partial charge in [-0.3, -0.25) is 0 Å². The maximum Gasteiger partial charge on any atom is 0.337 e. The first kappa shape index (κ1) is 21.2. The standard InChI is InChI=1S/C19H23N3O6/c1-26-17(23)13-9-14(18(24)27-2)11-15(10-13)21-19(25)22(7-4-6-20)12-16-5-3-8-28-16/h9-11,16H,3-5,7-8,12H2,1-2H3,(H,21,25). The Morgan fingerprint density at radius 2 is 1.86 bits per heavy atom. The van der Waals surface area contributed by atoms with Gasteiger partial charge in [0.15, 0.2) is 0 Å². The third kappa shape index (κ3) is 5.69. The summed E-state index contributed by atoms with van der Waals surface area (Å²) in [7, 11) is 2.44. The zero-order valence-electron chi connectivity index (χ0n) is 15.9. The first-order valence-electron chi connectivity index (χ1n) is 8.84. The number of benzene rings is 1. The summed E-state index contributed by atoms with van der Waals surface area (Å²) in [5.74, 6) is -1.30. The molecule has 0 aromatic heterocycles. The van der Waals surface area contributed by atoms with Crippen molar-refractivity contribution in [2.24, 2.45) is 0 Å². The summed E-state index contributed by atoms with van der Waals surface area (Å²) >= 11 is 0. The molecule has 1 aromatic carbocycles. The number of ether oxygens (including phenoxy) is 3. The molecule has 1 aliphatic rings. The topological polar surface area (TPSA) is 118 Å². The van der Waals surface area contributed by atoms with Crippen LogP contribution in [0, 0.1) is 11.3 Å². The van der Waals surface area contributed by atoms with Crippen LogP contribution in [0.25, 0.3) is 0 Å². The Hall–Kier alpha value is -3.12. The number of amides is 2. The first-order valence-corrected chi connectivity index (χ1v) is 8.84. The van der Waals surface area contributed by atoms with Crippen LogP contribution < -0.4 is 5.32 Å². The van der Waals surface area contributed by atoms with Crippen molar-refractivity contribution in [3.63, 3.8) is 0 Å². The first-order chi connectivity index (χ1) is 13.5. The minimum absolute atomic E-state index is 0.0727. The summed E-state index contributed by atoms with van der Waals surface area (Å²) in [6, 6.07) is 5.71. The van der Waals surface area contributed by atoms with Crippen molar-refractivity contribution in [3.05, 3.63) is 29.3 Å². The summed E-state index contributed by atoms with van der Waals surface area (Å²) < 4.78 is 14.9. The highest BCUT2D eigenvalue weighted by molar-refractivity contribution is 5.99. The molecule has 28 heavy (non-hydrogen) atoms. The Morgan fingerprint density at radius 1 is 1.21 bits per heavy atom. The lowest BCUT2D eigenvalue weighted by Crippen LogP contribution is -2.40. The van der Waals surface area contributed by atoms with Gasteiger partial charge in [-0.2, -0.15) is 5.26 Å². The van der Waals surface area contributed by atoms with Gasteiger partial charge >= 0.3 is 18.0 Å². The number of esters is 2. The molecule has 150 valence electrons. The van der Waals surface area contributed by atoms with Crippen LogP contribution in [0.3, 0.4) is 0 Å².